The number of ether oxygens (including phenoxy) is 2. The largest absolute Gasteiger partial charge is 0.494 e. The zero-order chi connectivity index (χ0) is 30.6. The lowest BCUT2D eigenvalue weighted by atomic mass is 9.64. The number of carbonyl (C=O) groups is 4. The topological polar surface area (TPSA) is 90.0 Å². The molecule has 218 valence electrons. The minimum atomic E-state index is -1.63. The van der Waals surface area contributed by atoms with Gasteiger partial charge in [0.25, 0.3) is 0 Å². The summed E-state index contributed by atoms with van der Waals surface area (Å²) >= 11 is 0. The number of benzene rings is 4. The molecule has 3 aliphatic rings. The summed E-state index contributed by atoms with van der Waals surface area (Å²) in [4.78, 5) is 58.0. The van der Waals surface area contributed by atoms with E-state index in [-0.39, 0.29) is 17.3 Å². The fourth-order valence-electron chi connectivity index (χ4n) is 7.31. The van der Waals surface area contributed by atoms with Gasteiger partial charge in [-0.15, -0.1) is 0 Å². The van der Waals surface area contributed by atoms with E-state index in [1.165, 1.54) is 6.92 Å². The van der Waals surface area contributed by atoms with Gasteiger partial charge in [0.05, 0.1) is 12.6 Å². The smallest absolute Gasteiger partial charge is 0.308 e. The van der Waals surface area contributed by atoms with E-state index in [2.05, 4.69) is 0 Å². The minimum absolute atomic E-state index is 0.265. The van der Waals surface area contributed by atoms with Crippen molar-refractivity contribution in [1.82, 2.24) is 0 Å². The highest BCUT2D eigenvalue weighted by molar-refractivity contribution is 6.32. The number of Topliss-reactive ketones (excluding diaryl/α,β-unsaturated/α-hetero) is 3. The van der Waals surface area contributed by atoms with E-state index in [1.807, 2.05) is 72.5 Å². The second-order valence-electron chi connectivity index (χ2n) is 11.2. The Hall–Kier alpha value is -5.30. The number of fused-ring (bicyclic) bond motifs is 5. The van der Waals surface area contributed by atoms with Crippen LogP contribution in [0.2, 0.25) is 0 Å². The fraction of sp³-hybridized carbons (Fsp3) is 0.189. The molecule has 1 unspecified atom stereocenters. The Bertz CT molecular complexity index is 1840. The number of hydrogen-bond acceptors (Lipinski definition) is 7. The summed E-state index contributed by atoms with van der Waals surface area (Å²) in [6.07, 6.45) is 3.84. The van der Waals surface area contributed by atoms with Crippen LogP contribution in [0.25, 0.3) is 6.08 Å². The molecule has 4 aromatic rings. The van der Waals surface area contributed by atoms with Gasteiger partial charge in [0.1, 0.15) is 23.0 Å². The van der Waals surface area contributed by atoms with Crippen LogP contribution in [0.5, 0.6) is 11.5 Å². The number of rotatable bonds is 6. The van der Waals surface area contributed by atoms with Gasteiger partial charge in [-0.2, -0.15) is 0 Å². The quantitative estimate of drug-likeness (QED) is 0.113. The average molecular weight is 584 g/mol. The molecule has 0 saturated carbocycles. The number of nitrogens with zero attached hydrogens (tertiary/aromatic N) is 1. The van der Waals surface area contributed by atoms with Crippen LogP contribution in [0, 0.1) is 5.41 Å². The van der Waals surface area contributed by atoms with Crippen molar-refractivity contribution in [3.05, 3.63) is 131 Å². The Morgan fingerprint density at radius 3 is 2.14 bits per heavy atom. The normalized spacial score (nSPS) is 20.7. The molecule has 2 aliphatic heterocycles. The molecule has 1 spiro atoms. The summed E-state index contributed by atoms with van der Waals surface area (Å²) in [6, 6.07) is 26.7. The molecule has 0 radical (unpaired) electrons. The first-order valence-corrected chi connectivity index (χ1v) is 14.7. The third-order valence-corrected chi connectivity index (χ3v) is 8.94. The Morgan fingerprint density at radius 1 is 0.818 bits per heavy atom. The van der Waals surface area contributed by atoms with E-state index < -0.39 is 29.4 Å². The predicted octanol–water partition coefficient (Wildman–Crippen LogP) is 6.33. The molecule has 1 aliphatic carbocycles. The second-order valence-corrected chi connectivity index (χ2v) is 11.2. The zero-order valence-corrected chi connectivity index (χ0v) is 24.2. The minimum Gasteiger partial charge on any atom is -0.494 e. The lowest BCUT2D eigenvalue weighted by Crippen LogP contribution is -2.48. The van der Waals surface area contributed by atoms with Gasteiger partial charge in [-0.3, -0.25) is 19.2 Å². The molecule has 0 bridgehead atoms. The Morgan fingerprint density at radius 2 is 1.45 bits per heavy atom. The summed E-state index contributed by atoms with van der Waals surface area (Å²) in [5.74, 6) is -1.38. The Labute approximate surface area is 254 Å². The van der Waals surface area contributed by atoms with Gasteiger partial charge in [-0.1, -0.05) is 72.8 Å². The third-order valence-electron chi connectivity index (χ3n) is 8.94. The lowest BCUT2D eigenvalue weighted by molar-refractivity contribution is -0.131. The van der Waals surface area contributed by atoms with Gasteiger partial charge in [0.15, 0.2) is 17.3 Å². The second kappa shape index (κ2) is 10.5. The first-order chi connectivity index (χ1) is 21.4. The maximum Gasteiger partial charge on any atom is 0.308 e. The maximum atomic E-state index is 14.9. The van der Waals surface area contributed by atoms with Crippen LogP contribution in [0.1, 0.15) is 62.0 Å². The van der Waals surface area contributed by atoms with Crippen LogP contribution in [0.15, 0.2) is 103 Å². The van der Waals surface area contributed by atoms with E-state index in [1.54, 1.807) is 48.5 Å². The molecule has 0 N–H and O–H groups in total. The summed E-state index contributed by atoms with van der Waals surface area (Å²) in [5.41, 5.74) is 1.74. The third kappa shape index (κ3) is 3.89. The van der Waals surface area contributed by atoms with Crippen LogP contribution in [0.3, 0.4) is 0 Å². The highest BCUT2D eigenvalue weighted by Crippen LogP contribution is 2.62. The van der Waals surface area contributed by atoms with E-state index in [0.29, 0.717) is 40.4 Å². The van der Waals surface area contributed by atoms with Crippen LogP contribution in [-0.4, -0.2) is 42.0 Å². The molecule has 3 atom stereocenters. The maximum absolute atomic E-state index is 14.9. The standard InChI is InChI=1S/C37H29NO6/c1-3-43-30-15-9-7-13-28(30)32-33(34(40)24-16-19-25(20-17-24)44-22(2)39)38-29-14-8-4-10-23(29)18-21-31(38)37(32)35(41)26-11-5-6-12-27(26)36(37)42/h4-21,31-33H,3H2,1-2H3/t31?,32-,33+/m0/s1. The summed E-state index contributed by atoms with van der Waals surface area (Å²) in [7, 11) is 0. The van der Waals surface area contributed by atoms with Crippen molar-refractivity contribution in [2.24, 2.45) is 5.41 Å². The van der Waals surface area contributed by atoms with Crippen LogP contribution < -0.4 is 14.4 Å². The molecule has 4 aromatic carbocycles. The number of carbonyl (C=O) groups excluding carboxylic acids is 4. The van der Waals surface area contributed by atoms with Gasteiger partial charge in [0, 0.05) is 40.8 Å². The summed E-state index contributed by atoms with van der Waals surface area (Å²) in [6.45, 7) is 3.55. The van der Waals surface area contributed by atoms with Crippen LogP contribution >= 0.6 is 0 Å². The molecule has 7 heteroatoms. The van der Waals surface area contributed by atoms with Gasteiger partial charge >= 0.3 is 5.97 Å². The molecule has 44 heavy (non-hydrogen) atoms. The average Bonchev–Trinajstić information content (AvgIpc) is 3.47. The molecule has 1 saturated heterocycles. The van der Waals surface area contributed by atoms with E-state index in [0.717, 1.165) is 11.3 Å². The molecule has 7 nitrogen and oxygen atoms in total. The number of anilines is 1. The monoisotopic (exact) mass is 583 g/mol. The SMILES string of the molecule is CCOc1ccccc1[C@H]1[C@H](C(=O)c2ccc(OC(C)=O)cc2)N2c3ccccc3C=CC2C12C(=O)c1ccccc1C2=O. The predicted molar refractivity (Wildman–Crippen MR) is 166 cm³/mol. The fourth-order valence-corrected chi connectivity index (χ4v) is 7.31. The van der Waals surface area contributed by atoms with Crippen molar-refractivity contribution in [2.45, 2.75) is 31.8 Å². The van der Waals surface area contributed by atoms with Gasteiger partial charge in [-0.25, -0.2) is 0 Å². The van der Waals surface area contributed by atoms with Crippen LogP contribution in [-0.2, 0) is 4.79 Å². The highest BCUT2D eigenvalue weighted by Gasteiger charge is 2.71. The zero-order valence-electron chi connectivity index (χ0n) is 24.2. The van der Waals surface area contributed by atoms with Crippen LogP contribution in [0.4, 0.5) is 5.69 Å². The van der Waals surface area contributed by atoms with Crippen molar-refractivity contribution in [1.29, 1.82) is 0 Å². The van der Waals surface area contributed by atoms with Gasteiger partial charge in [0.2, 0.25) is 0 Å². The summed E-state index contributed by atoms with van der Waals surface area (Å²) in [5, 5.41) is 0. The first kappa shape index (κ1) is 27.5. The molecule has 0 amide bonds. The molecular weight excluding hydrogens is 554 g/mol. The number of esters is 1. The molecule has 0 aromatic heterocycles. The van der Waals surface area contributed by atoms with Gasteiger partial charge < -0.3 is 14.4 Å². The van der Waals surface area contributed by atoms with Gasteiger partial charge in [-0.05, 0) is 48.9 Å². The van der Waals surface area contributed by atoms with E-state index in [9.17, 15) is 19.2 Å². The molecule has 1 fully saturated rings. The number of ketones is 3. The van der Waals surface area contributed by atoms with Crippen molar-refractivity contribution in [3.8, 4) is 11.5 Å². The van der Waals surface area contributed by atoms with E-state index in [4.69, 9.17) is 9.47 Å². The number of hydrogen-bond donors (Lipinski definition) is 0. The number of para-hydroxylation sites is 2. The van der Waals surface area contributed by atoms with Crippen molar-refractivity contribution in [2.75, 3.05) is 11.5 Å². The Kier molecular flexibility index (Phi) is 6.54. The lowest BCUT2D eigenvalue weighted by Gasteiger charge is -2.37. The molecule has 2 heterocycles. The Balaban J connectivity index is 1.51. The van der Waals surface area contributed by atoms with Crippen molar-refractivity contribution >= 4 is 35.1 Å². The summed E-state index contributed by atoms with van der Waals surface area (Å²) < 4.78 is 11.3. The first-order valence-electron chi connectivity index (χ1n) is 14.7. The molecule has 7 rings (SSSR count). The van der Waals surface area contributed by atoms with Crippen molar-refractivity contribution in [3.63, 3.8) is 0 Å². The molecular formula is C37H29NO6. The highest BCUT2D eigenvalue weighted by atomic mass is 16.5. The van der Waals surface area contributed by atoms with E-state index >= 15 is 0 Å². The van der Waals surface area contributed by atoms with Crippen molar-refractivity contribution < 1.29 is 28.7 Å².